The third-order valence-corrected chi connectivity index (χ3v) is 5.10. The molecule has 0 aromatic heterocycles. The summed E-state index contributed by atoms with van der Waals surface area (Å²) in [5.74, 6) is 0. The number of piperidine rings is 1. The second-order valence-electron chi connectivity index (χ2n) is 6.66. The van der Waals surface area contributed by atoms with E-state index >= 15 is 0 Å². The van der Waals surface area contributed by atoms with E-state index < -0.39 is 0 Å². The molecule has 6 nitrogen and oxygen atoms in total. The molecular formula is C17H25N3O3. The van der Waals surface area contributed by atoms with Crippen molar-refractivity contribution in [2.75, 3.05) is 18.0 Å². The van der Waals surface area contributed by atoms with E-state index in [9.17, 15) is 15.2 Å². The van der Waals surface area contributed by atoms with Crippen LogP contribution in [0, 0.1) is 10.1 Å². The van der Waals surface area contributed by atoms with Gasteiger partial charge in [-0.15, -0.1) is 0 Å². The molecular weight excluding hydrogens is 294 g/mol. The molecule has 2 N–H and O–H groups in total. The van der Waals surface area contributed by atoms with Gasteiger partial charge in [0.2, 0.25) is 0 Å². The number of nitrogens with one attached hydrogen (secondary N) is 1. The van der Waals surface area contributed by atoms with Crippen molar-refractivity contribution < 1.29 is 10.0 Å². The van der Waals surface area contributed by atoms with Crippen LogP contribution in [-0.2, 0) is 0 Å². The van der Waals surface area contributed by atoms with Crippen molar-refractivity contribution in [3.8, 4) is 0 Å². The predicted molar refractivity (Wildman–Crippen MR) is 89.7 cm³/mol. The number of anilines is 1. The smallest absolute Gasteiger partial charge is 0.269 e. The molecule has 6 heteroatoms. The maximum absolute atomic E-state index is 10.7. The van der Waals surface area contributed by atoms with Crippen LogP contribution in [0.4, 0.5) is 11.4 Å². The van der Waals surface area contributed by atoms with Gasteiger partial charge in [-0.05, 0) is 37.8 Å². The first-order valence-electron chi connectivity index (χ1n) is 8.57. The van der Waals surface area contributed by atoms with Crippen molar-refractivity contribution in [2.45, 2.75) is 56.7 Å². The summed E-state index contributed by atoms with van der Waals surface area (Å²) in [6.45, 7) is 1.89. The maximum Gasteiger partial charge on any atom is 0.269 e. The molecule has 126 valence electrons. The summed E-state index contributed by atoms with van der Waals surface area (Å²) in [6.07, 6.45) is 6.22. The zero-order chi connectivity index (χ0) is 16.2. The van der Waals surface area contributed by atoms with E-state index in [2.05, 4.69) is 10.2 Å². The standard InChI is InChI=1S/C17H25N3O3/c21-17-4-2-1-3-16(17)18-13-9-11-19(12-10-13)14-5-7-15(8-6-14)20(22)23/h5-8,13,16-18,21H,1-4,9-12H2. The number of hydrogen-bond acceptors (Lipinski definition) is 5. The molecule has 1 saturated heterocycles. The first-order chi connectivity index (χ1) is 11.1. The molecule has 23 heavy (non-hydrogen) atoms. The lowest BCUT2D eigenvalue weighted by Crippen LogP contribution is -2.51. The SMILES string of the molecule is O=[N+]([O-])c1ccc(N2CCC(NC3CCCCC3O)CC2)cc1. The Morgan fingerprint density at radius 3 is 2.35 bits per heavy atom. The van der Waals surface area contributed by atoms with Gasteiger partial charge < -0.3 is 15.3 Å². The first kappa shape index (κ1) is 16.2. The average molecular weight is 319 g/mol. The summed E-state index contributed by atoms with van der Waals surface area (Å²) in [6, 6.07) is 7.51. The zero-order valence-corrected chi connectivity index (χ0v) is 13.4. The number of non-ortho nitro benzene ring substituents is 1. The van der Waals surface area contributed by atoms with E-state index in [1.165, 1.54) is 6.42 Å². The van der Waals surface area contributed by atoms with Gasteiger partial charge in [0, 0.05) is 43.0 Å². The third kappa shape index (κ3) is 4.00. The van der Waals surface area contributed by atoms with Crippen molar-refractivity contribution in [3.63, 3.8) is 0 Å². The highest BCUT2D eigenvalue weighted by atomic mass is 16.6. The van der Waals surface area contributed by atoms with E-state index in [-0.39, 0.29) is 22.8 Å². The lowest BCUT2D eigenvalue weighted by molar-refractivity contribution is -0.384. The zero-order valence-electron chi connectivity index (χ0n) is 13.4. The fraction of sp³-hybridized carbons (Fsp3) is 0.647. The number of rotatable bonds is 4. The number of nitrogens with zero attached hydrogens (tertiary/aromatic N) is 2. The Morgan fingerprint density at radius 1 is 1.09 bits per heavy atom. The maximum atomic E-state index is 10.7. The Morgan fingerprint density at radius 2 is 1.74 bits per heavy atom. The Bertz CT molecular complexity index is 526. The molecule has 3 rings (SSSR count). The van der Waals surface area contributed by atoms with E-state index in [0.29, 0.717) is 6.04 Å². The topological polar surface area (TPSA) is 78.6 Å². The summed E-state index contributed by atoms with van der Waals surface area (Å²) in [5.41, 5.74) is 1.18. The highest BCUT2D eigenvalue weighted by molar-refractivity contribution is 5.51. The quantitative estimate of drug-likeness (QED) is 0.658. The molecule has 1 aromatic carbocycles. The van der Waals surface area contributed by atoms with Crippen LogP contribution in [0.15, 0.2) is 24.3 Å². The Balaban J connectivity index is 1.50. The largest absolute Gasteiger partial charge is 0.392 e. The van der Waals surface area contributed by atoms with Gasteiger partial charge in [0.25, 0.3) is 5.69 Å². The average Bonchev–Trinajstić information content (AvgIpc) is 2.58. The highest BCUT2D eigenvalue weighted by Crippen LogP contribution is 2.24. The van der Waals surface area contributed by atoms with Gasteiger partial charge in [-0.25, -0.2) is 0 Å². The van der Waals surface area contributed by atoms with Crippen LogP contribution in [0.2, 0.25) is 0 Å². The molecule has 1 heterocycles. The Hall–Kier alpha value is -1.66. The molecule has 1 aromatic rings. The molecule has 0 radical (unpaired) electrons. The van der Waals surface area contributed by atoms with Gasteiger partial charge in [0.15, 0.2) is 0 Å². The monoisotopic (exact) mass is 319 g/mol. The van der Waals surface area contributed by atoms with E-state index in [4.69, 9.17) is 0 Å². The van der Waals surface area contributed by atoms with Crippen LogP contribution in [0.5, 0.6) is 0 Å². The van der Waals surface area contributed by atoms with Crippen LogP contribution >= 0.6 is 0 Å². The molecule has 0 spiro atoms. The second kappa shape index (κ2) is 7.27. The fourth-order valence-corrected chi connectivity index (χ4v) is 3.70. The summed E-state index contributed by atoms with van der Waals surface area (Å²) in [7, 11) is 0. The summed E-state index contributed by atoms with van der Waals surface area (Å²) in [5, 5.41) is 24.4. The summed E-state index contributed by atoms with van der Waals surface area (Å²) >= 11 is 0. The van der Waals surface area contributed by atoms with Gasteiger partial charge in [-0.1, -0.05) is 12.8 Å². The van der Waals surface area contributed by atoms with Crippen LogP contribution in [0.25, 0.3) is 0 Å². The molecule has 2 aliphatic rings. The van der Waals surface area contributed by atoms with Crippen molar-refractivity contribution in [1.82, 2.24) is 5.32 Å². The third-order valence-electron chi connectivity index (χ3n) is 5.10. The highest BCUT2D eigenvalue weighted by Gasteiger charge is 2.27. The summed E-state index contributed by atoms with van der Waals surface area (Å²) < 4.78 is 0. The van der Waals surface area contributed by atoms with E-state index in [1.54, 1.807) is 12.1 Å². The number of hydrogen-bond donors (Lipinski definition) is 2. The minimum Gasteiger partial charge on any atom is -0.392 e. The molecule has 2 atom stereocenters. The van der Waals surface area contributed by atoms with Crippen LogP contribution in [-0.4, -0.2) is 41.3 Å². The van der Waals surface area contributed by atoms with Crippen molar-refractivity contribution in [1.29, 1.82) is 0 Å². The van der Waals surface area contributed by atoms with Gasteiger partial charge in [0.05, 0.1) is 11.0 Å². The van der Waals surface area contributed by atoms with Crippen molar-refractivity contribution in [2.24, 2.45) is 0 Å². The second-order valence-corrected chi connectivity index (χ2v) is 6.66. The normalized spacial score (nSPS) is 26.2. The fourth-order valence-electron chi connectivity index (χ4n) is 3.70. The summed E-state index contributed by atoms with van der Waals surface area (Å²) in [4.78, 5) is 12.6. The molecule has 0 bridgehead atoms. The number of benzene rings is 1. The van der Waals surface area contributed by atoms with E-state index in [1.807, 2.05) is 12.1 Å². The van der Waals surface area contributed by atoms with Crippen LogP contribution < -0.4 is 10.2 Å². The molecule has 1 aliphatic heterocycles. The molecule has 1 saturated carbocycles. The van der Waals surface area contributed by atoms with Crippen LogP contribution in [0.1, 0.15) is 38.5 Å². The molecule has 0 amide bonds. The van der Waals surface area contributed by atoms with Gasteiger partial charge in [-0.3, -0.25) is 10.1 Å². The van der Waals surface area contributed by atoms with Crippen molar-refractivity contribution >= 4 is 11.4 Å². The van der Waals surface area contributed by atoms with Gasteiger partial charge in [-0.2, -0.15) is 0 Å². The molecule has 2 fully saturated rings. The van der Waals surface area contributed by atoms with Gasteiger partial charge >= 0.3 is 0 Å². The predicted octanol–water partition coefficient (Wildman–Crippen LogP) is 2.46. The van der Waals surface area contributed by atoms with E-state index in [0.717, 1.165) is 50.9 Å². The Labute approximate surface area is 136 Å². The first-order valence-corrected chi connectivity index (χ1v) is 8.57. The minimum atomic E-state index is -0.366. The number of aliphatic hydroxyl groups excluding tert-OH is 1. The lowest BCUT2D eigenvalue weighted by Gasteiger charge is -2.38. The molecule has 1 aliphatic carbocycles. The Kier molecular flexibility index (Phi) is 5.13. The van der Waals surface area contributed by atoms with Gasteiger partial charge in [0.1, 0.15) is 0 Å². The minimum absolute atomic E-state index is 0.136. The molecule has 2 unspecified atom stereocenters. The number of nitro groups is 1. The lowest BCUT2D eigenvalue weighted by atomic mass is 9.91. The van der Waals surface area contributed by atoms with Crippen molar-refractivity contribution in [3.05, 3.63) is 34.4 Å². The number of nitro benzene ring substituents is 1. The number of aliphatic hydroxyl groups is 1. The van der Waals surface area contributed by atoms with Crippen LogP contribution in [0.3, 0.4) is 0 Å².